The van der Waals surface area contributed by atoms with Crippen molar-refractivity contribution < 1.29 is 8.42 Å². The molecular weight excluding hydrogens is 260 g/mol. The molecule has 0 radical (unpaired) electrons. The monoisotopic (exact) mass is 280 g/mol. The van der Waals surface area contributed by atoms with Crippen molar-refractivity contribution in [2.75, 3.05) is 13.1 Å². The molecule has 104 valence electrons. The average molecular weight is 280 g/mol. The Hall–Kier alpha value is -1.38. The molecule has 1 unspecified atom stereocenters. The van der Waals surface area contributed by atoms with E-state index in [0.29, 0.717) is 11.4 Å². The van der Waals surface area contributed by atoms with E-state index in [9.17, 15) is 8.42 Å². The van der Waals surface area contributed by atoms with E-state index < -0.39 is 10.0 Å². The molecule has 1 aromatic carbocycles. The Kier molecular flexibility index (Phi) is 5.10. The molecule has 1 atom stereocenters. The van der Waals surface area contributed by atoms with Crippen LogP contribution >= 0.6 is 0 Å². The predicted molar refractivity (Wildman–Crippen MR) is 75.1 cm³/mol. The van der Waals surface area contributed by atoms with Gasteiger partial charge >= 0.3 is 0 Å². The zero-order valence-electron chi connectivity index (χ0n) is 11.8. The molecule has 0 bridgehead atoms. The van der Waals surface area contributed by atoms with E-state index in [1.54, 1.807) is 26.0 Å². The van der Waals surface area contributed by atoms with Crippen molar-refractivity contribution in [2.24, 2.45) is 5.92 Å². The van der Waals surface area contributed by atoms with Crippen molar-refractivity contribution >= 4 is 10.0 Å². The number of hydrogen-bond donors (Lipinski definition) is 0. The lowest BCUT2D eigenvalue weighted by atomic mass is 10.1. The Balaban J connectivity index is 3.14. The van der Waals surface area contributed by atoms with E-state index >= 15 is 0 Å². The molecule has 4 nitrogen and oxygen atoms in total. The zero-order valence-corrected chi connectivity index (χ0v) is 12.7. The number of hydrogen-bond acceptors (Lipinski definition) is 3. The summed E-state index contributed by atoms with van der Waals surface area (Å²) in [5.41, 5.74) is 2.01. The lowest BCUT2D eigenvalue weighted by molar-refractivity contribution is 0.400. The summed E-state index contributed by atoms with van der Waals surface area (Å²) in [6.45, 7) is 7.93. The highest BCUT2D eigenvalue weighted by atomic mass is 32.2. The first-order chi connectivity index (χ1) is 8.82. The van der Waals surface area contributed by atoms with Crippen molar-refractivity contribution in [1.29, 1.82) is 5.26 Å². The number of rotatable bonds is 5. The molecule has 0 saturated carbocycles. The minimum absolute atomic E-state index is 0.224. The topological polar surface area (TPSA) is 61.2 Å². The molecule has 0 aliphatic rings. The van der Waals surface area contributed by atoms with Gasteiger partial charge in [-0.3, -0.25) is 0 Å². The largest absolute Gasteiger partial charge is 0.243 e. The molecule has 0 heterocycles. The van der Waals surface area contributed by atoms with Crippen molar-refractivity contribution in [2.45, 2.75) is 32.6 Å². The van der Waals surface area contributed by atoms with Crippen LogP contribution in [-0.4, -0.2) is 25.8 Å². The van der Waals surface area contributed by atoms with Gasteiger partial charge in [-0.2, -0.15) is 9.57 Å². The summed E-state index contributed by atoms with van der Waals surface area (Å²) >= 11 is 0. The first-order valence-electron chi connectivity index (χ1n) is 6.30. The summed E-state index contributed by atoms with van der Waals surface area (Å²) < 4.78 is 26.3. The molecule has 0 N–H and O–H groups in total. The SMILES string of the molecule is CCN(CC(C)C#N)S(=O)(=O)c1ccc(C)c(C)c1. The maximum absolute atomic E-state index is 12.5. The van der Waals surface area contributed by atoms with Crippen molar-refractivity contribution in [3.8, 4) is 6.07 Å². The van der Waals surface area contributed by atoms with Gasteiger partial charge in [0.15, 0.2) is 0 Å². The fourth-order valence-corrected chi connectivity index (χ4v) is 3.39. The summed E-state index contributed by atoms with van der Waals surface area (Å²) in [5, 5.41) is 8.82. The molecule has 5 heteroatoms. The van der Waals surface area contributed by atoms with Crippen LogP contribution in [0.4, 0.5) is 0 Å². The fraction of sp³-hybridized carbons (Fsp3) is 0.500. The van der Waals surface area contributed by atoms with Gasteiger partial charge in [-0.15, -0.1) is 0 Å². The molecule has 0 aromatic heterocycles. The maximum atomic E-state index is 12.5. The molecule has 19 heavy (non-hydrogen) atoms. The van der Waals surface area contributed by atoms with Crippen molar-refractivity contribution in [1.82, 2.24) is 4.31 Å². The highest BCUT2D eigenvalue weighted by Crippen LogP contribution is 2.19. The summed E-state index contributed by atoms with van der Waals surface area (Å²) in [5.74, 6) is -0.318. The van der Waals surface area contributed by atoms with E-state index in [2.05, 4.69) is 6.07 Å². The smallest absolute Gasteiger partial charge is 0.207 e. The Morgan fingerprint density at radius 1 is 1.32 bits per heavy atom. The van der Waals surface area contributed by atoms with Gasteiger partial charge in [0.2, 0.25) is 10.0 Å². The predicted octanol–water partition coefficient (Wildman–Crippen LogP) is 2.47. The molecule has 0 saturated heterocycles. The summed E-state index contributed by atoms with van der Waals surface area (Å²) in [6, 6.07) is 7.18. The van der Waals surface area contributed by atoms with Crippen LogP contribution in [0, 0.1) is 31.1 Å². The third-order valence-electron chi connectivity index (χ3n) is 3.17. The van der Waals surface area contributed by atoms with E-state index in [4.69, 9.17) is 5.26 Å². The number of sulfonamides is 1. The van der Waals surface area contributed by atoms with E-state index in [1.807, 2.05) is 19.9 Å². The highest BCUT2D eigenvalue weighted by molar-refractivity contribution is 7.89. The third-order valence-corrected chi connectivity index (χ3v) is 5.10. The average Bonchev–Trinajstić information content (AvgIpc) is 2.38. The van der Waals surface area contributed by atoms with Crippen LogP contribution in [-0.2, 0) is 10.0 Å². The Bertz CT molecular complexity index is 588. The molecule has 0 fully saturated rings. The van der Waals surface area contributed by atoms with E-state index in [-0.39, 0.29) is 12.5 Å². The lowest BCUT2D eigenvalue weighted by Crippen LogP contribution is -2.34. The lowest BCUT2D eigenvalue weighted by Gasteiger charge is -2.21. The number of benzene rings is 1. The Labute approximate surface area is 115 Å². The molecule has 1 rings (SSSR count). The molecule has 0 aliphatic heterocycles. The van der Waals surface area contributed by atoms with Crippen LogP contribution in [0.1, 0.15) is 25.0 Å². The minimum Gasteiger partial charge on any atom is -0.207 e. The van der Waals surface area contributed by atoms with Crippen molar-refractivity contribution in [3.63, 3.8) is 0 Å². The molecule has 0 spiro atoms. The van der Waals surface area contributed by atoms with Gasteiger partial charge in [0.05, 0.1) is 16.9 Å². The second kappa shape index (κ2) is 6.18. The molecule has 0 amide bonds. The minimum atomic E-state index is -3.51. The van der Waals surface area contributed by atoms with E-state index in [1.165, 1.54) is 4.31 Å². The van der Waals surface area contributed by atoms with Crippen LogP contribution in [0.5, 0.6) is 0 Å². The molecular formula is C14H20N2O2S. The second-order valence-corrected chi connectivity index (χ2v) is 6.67. The summed E-state index contributed by atoms with van der Waals surface area (Å²) in [4.78, 5) is 0.294. The molecule has 0 aliphatic carbocycles. The van der Waals surface area contributed by atoms with Crippen LogP contribution in [0.2, 0.25) is 0 Å². The van der Waals surface area contributed by atoms with Crippen LogP contribution in [0.15, 0.2) is 23.1 Å². The van der Waals surface area contributed by atoms with Gasteiger partial charge in [0, 0.05) is 13.1 Å². The zero-order chi connectivity index (χ0) is 14.6. The summed E-state index contributed by atoms with van der Waals surface area (Å²) in [7, 11) is -3.51. The van der Waals surface area contributed by atoms with Gasteiger partial charge in [0.1, 0.15) is 0 Å². The Morgan fingerprint density at radius 3 is 2.42 bits per heavy atom. The number of nitriles is 1. The normalized spacial score (nSPS) is 13.3. The maximum Gasteiger partial charge on any atom is 0.243 e. The van der Waals surface area contributed by atoms with Crippen molar-refractivity contribution in [3.05, 3.63) is 29.3 Å². The number of aryl methyl sites for hydroxylation is 2. The third kappa shape index (κ3) is 3.55. The van der Waals surface area contributed by atoms with Gasteiger partial charge in [-0.1, -0.05) is 13.0 Å². The van der Waals surface area contributed by atoms with Gasteiger partial charge in [-0.05, 0) is 44.0 Å². The standard InChI is InChI=1S/C14H20N2O2S/c1-5-16(10-11(2)9-15)19(17,18)14-7-6-12(3)13(4)8-14/h6-8,11H,5,10H2,1-4H3. The van der Waals surface area contributed by atoms with E-state index in [0.717, 1.165) is 11.1 Å². The van der Waals surface area contributed by atoms with Crippen LogP contribution in [0.3, 0.4) is 0 Å². The summed E-state index contributed by atoms with van der Waals surface area (Å²) in [6.07, 6.45) is 0. The second-order valence-electron chi connectivity index (χ2n) is 4.73. The fourth-order valence-electron chi connectivity index (χ4n) is 1.77. The molecule has 1 aromatic rings. The number of nitrogens with zero attached hydrogens (tertiary/aromatic N) is 2. The van der Waals surface area contributed by atoms with Gasteiger partial charge in [0.25, 0.3) is 0 Å². The Morgan fingerprint density at radius 2 is 1.95 bits per heavy atom. The van der Waals surface area contributed by atoms with Crippen LogP contribution in [0.25, 0.3) is 0 Å². The van der Waals surface area contributed by atoms with Crippen LogP contribution < -0.4 is 0 Å². The highest BCUT2D eigenvalue weighted by Gasteiger charge is 2.24. The quantitative estimate of drug-likeness (QED) is 0.832. The van der Waals surface area contributed by atoms with Gasteiger partial charge in [-0.25, -0.2) is 8.42 Å². The first kappa shape index (κ1) is 15.7. The van der Waals surface area contributed by atoms with Gasteiger partial charge < -0.3 is 0 Å². The first-order valence-corrected chi connectivity index (χ1v) is 7.74.